The van der Waals surface area contributed by atoms with Gasteiger partial charge in [0, 0.05) is 32.4 Å². The van der Waals surface area contributed by atoms with E-state index in [1.807, 2.05) is 39.0 Å². The molecule has 27 heavy (non-hydrogen) atoms. The zero-order chi connectivity index (χ0) is 19.6. The Hall–Kier alpha value is -3.10. The molecule has 0 spiro atoms. The molecule has 0 radical (unpaired) electrons. The van der Waals surface area contributed by atoms with Crippen LogP contribution in [-0.2, 0) is 4.74 Å². The number of rotatable bonds is 3. The third-order valence-corrected chi connectivity index (χ3v) is 4.07. The second-order valence-electron chi connectivity index (χ2n) is 7.34. The van der Waals surface area contributed by atoms with Crippen molar-refractivity contribution in [2.24, 2.45) is 5.73 Å². The highest BCUT2D eigenvalue weighted by Crippen LogP contribution is 2.18. The van der Waals surface area contributed by atoms with Crippen molar-refractivity contribution >= 4 is 17.8 Å². The number of hydrogen-bond acceptors (Lipinski definition) is 6. The molecule has 0 aliphatic carbocycles. The van der Waals surface area contributed by atoms with Gasteiger partial charge in [-0.25, -0.2) is 14.8 Å². The Morgan fingerprint density at radius 2 is 1.78 bits per heavy atom. The van der Waals surface area contributed by atoms with Gasteiger partial charge < -0.3 is 20.3 Å². The Morgan fingerprint density at radius 1 is 1.11 bits per heavy atom. The van der Waals surface area contributed by atoms with Gasteiger partial charge in [0.1, 0.15) is 29.3 Å². The van der Waals surface area contributed by atoms with Gasteiger partial charge in [-0.1, -0.05) is 6.07 Å². The highest BCUT2D eigenvalue weighted by molar-refractivity contribution is 5.90. The first-order chi connectivity index (χ1) is 12.7. The molecule has 1 aliphatic heterocycles. The topological polar surface area (TPSA) is 107 Å². The predicted molar refractivity (Wildman–Crippen MR) is 99.9 cm³/mol. The summed E-state index contributed by atoms with van der Waals surface area (Å²) in [6, 6.07) is 5.63. The minimum Gasteiger partial charge on any atom is -0.444 e. The Labute approximate surface area is 157 Å². The first-order valence-electron chi connectivity index (χ1n) is 8.77. The zero-order valence-corrected chi connectivity index (χ0v) is 15.8. The van der Waals surface area contributed by atoms with Crippen LogP contribution in [0.25, 0.3) is 5.82 Å². The maximum absolute atomic E-state index is 12.2. The van der Waals surface area contributed by atoms with Crippen LogP contribution in [0.4, 0.5) is 10.6 Å². The predicted octanol–water partition coefficient (Wildman–Crippen LogP) is 1.42. The first-order valence-corrected chi connectivity index (χ1v) is 8.77. The first kappa shape index (κ1) is 18.7. The number of nitrogens with two attached hydrogens (primary N) is 1. The van der Waals surface area contributed by atoms with Gasteiger partial charge in [0.05, 0.1) is 0 Å². The molecule has 9 nitrogen and oxygen atoms in total. The van der Waals surface area contributed by atoms with Gasteiger partial charge in [-0.3, -0.25) is 9.36 Å². The number of pyridine rings is 1. The molecular formula is C18H24N6O3. The quantitative estimate of drug-likeness (QED) is 0.873. The largest absolute Gasteiger partial charge is 0.444 e. The summed E-state index contributed by atoms with van der Waals surface area (Å²) < 4.78 is 7.07. The van der Waals surface area contributed by atoms with Crippen molar-refractivity contribution in [1.82, 2.24) is 19.4 Å². The molecule has 0 aromatic carbocycles. The molecule has 0 saturated carbocycles. The van der Waals surface area contributed by atoms with Gasteiger partial charge >= 0.3 is 6.09 Å². The number of aromatic nitrogens is 3. The molecule has 0 unspecified atom stereocenters. The van der Waals surface area contributed by atoms with Crippen LogP contribution in [0.1, 0.15) is 31.3 Å². The standard InChI is InChI=1S/C18H24N6O3/c1-18(2,3)27-17(26)23-9-7-22(8-10-23)14-5-4-6-15(21-14)24-11-13(16(19)25)20-12-24/h4-6,11-12H,7-10H2,1-3H3,(H2,19,25). The number of piperazine rings is 1. The highest BCUT2D eigenvalue weighted by Gasteiger charge is 2.26. The third kappa shape index (κ3) is 4.55. The normalized spacial score (nSPS) is 14.9. The van der Waals surface area contributed by atoms with Crippen LogP contribution in [-0.4, -0.2) is 63.2 Å². The molecule has 2 N–H and O–H groups in total. The fourth-order valence-corrected chi connectivity index (χ4v) is 2.75. The fourth-order valence-electron chi connectivity index (χ4n) is 2.75. The minimum absolute atomic E-state index is 0.188. The molecular weight excluding hydrogens is 348 g/mol. The van der Waals surface area contributed by atoms with Gasteiger partial charge in [-0.15, -0.1) is 0 Å². The van der Waals surface area contributed by atoms with Crippen LogP contribution in [0.2, 0.25) is 0 Å². The molecule has 2 amide bonds. The molecule has 2 aromatic heterocycles. The minimum atomic E-state index is -0.580. The summed E-state index contributed by atoms with van der Waals surface area (Å²) in [7, 11) is 0. The van der Waals surface area contributed by atoms with Crippen molar-refractivity contribution in [1.29, 1.82) is 0 Å². The average Bonchev–Trinajstić information content (AvgIpc) is 3.11. The molecule has 144 valence electrons. The monoisotopic (exact) mass is 372 g/mol. The molecule has 3 heterocycles. The summed E-state index contributed by atoms with van der Waals surface area (Å²) in [5, 5.41) is 0. The summed E-state index contributed by atoms with van der Waals surface area (Å²) in [5.74, 6) is 0.857. The third-order valence-electron chi connectivity index (χ3n) is 4.07. The molecule has 1 fully saturated rings. The van der Waals surface area contributed by atoms with Gasteiger partial charge in [0.15, 0.2) is 0 Å². The SMILES string of the molecule is CC(C)(C)OC(=O)N1CCN(c2cccc(-n3cnc(C(N)=O)c3)n2)CC1. The van der Waals surface area contributed by atoms with E-state index in [1.165, 1.54) is 6.33 Å². The second kappa shape index (κ2) is 7.26. The van der Waals surface area contributed by atoms with Crippen molar-refractivity contribution in [3.63, 3.8) is 0 Å². The Kier molecular flexibility index (Phi) is 5.02. The van der Waals surface area contributed by atoms with Gasteiger partial charge in [-0.2, -0.15) is 0 Å². The van der Waals surface area contributed by atoms with E-state index < -0.39 is 11.5 Å². The summed E-state index contributed by atoms with van der Waals surface area (Å²) >= 11 is 0. The lowest BCUT2D eigenvalue weighted by Crippen LogP contribution is -2.50. The van der Waals surface area contributed by atoms with E-state index in [0.29, 0.717) is 32.0 Å². The molecule has 3 rings (SSSR count). The van der Waals surface area contributed by atoms with E-state index in [4.69, 9.17) is 10.5 Å². The smallest absolute Gasteiger partial charge is 0.410 e. The van der Waals surface area contributed by atoms with E-state index in [-0.39, 0.29) is 11.8 Å². The number of anilines is 1. The lowest BCUT2D eigenvalue weighted by atomic mass is 10.2. The number of amides is 2. The Morgan fingerprint density at radius 3 is 2.37 bits per heavy atom. The lowest BCUT2D eigenvalue weighted by molar-refractivity contribution is 0.0240. The van der Waals surface area contributed by atoms with Gasteiger partial charge in [0.25, 0.3) is 5.91 Å². The molecule has 1 aliphatic rings. The number of primary amides is 1. The lowest BCUT2D eigenvalue weighted by Gasteiger charge is -2.36. The summed E-state index contributed by atoms with van der Waals surface area (Å²) in [6.45, 7) is 8.02. The average molecular weight is 372 g/mol. The summed E-state index contributed by atoms with van der Waals surface area (Å²) in [5.41, 5.74) is 4.93. The maximum Gasteiger partial charge on any atom is 0.410 e. The van der Waals surface area contributed by atoms with E-state index in [1.54, 1.807) is 15.7 Å². The maximum atomic E-state index is 12.2. The number of nitrogens with zero attached hydrogens (tertiary/aromatic N) is 5. The van der Waals surface area contributed by atoms with Crippen molar-refractivity contribution < 1.29 is 14.3 Å². The zero-order valence-electron chi connectivity index (χ0n) is 15.8. The number of carbonyl (C=O) groups is 2. The summed E-state index contributed by atoms with van der Waals surface area (Å²) in [6.07, 6.45) is 2.77. The van der Waals surface area contributed by atoms with Crippen molar-refractivity contribution in [3.05, 3.63) is 36.4 Å². The Balaban J connectivity index is 1.66. The van der Waals surface area contributed by atoms with E-state index in [2.05, 4.69) is 14.9 Å². The van der Waals surface area contributed by atoms with Gasteiger partial charge in [0.2, 0.25) is 0 Å². The van der Waals surface area contributed by atoms with Gasteiger partial charge in [-0.05, 0) is 32.9 Å². The molecule has 0 bridgehead atoms. The van der Waals surface area contributed by atoms with Crippen LogP contribution >= 0.6 is 0 Å². The molecule has 1 saturated heterocycles. The van der Waals surface area contributed by atoms with Crippen molar-refractivity contribution in [3.8, 4) is 5.82 Å². The number of imidazole rings is 1. The molecule has 9 heteroatoms. The van der Waals surface area contributed by atoms with Crippen LogP contribution in [0.5, 0.6) is 0 Å². The number of hydrogen-bond donors (Lipinski definition) is 1. The highest BCUT2D eigenvalue weighted by atomic mass is 16.6. The second-order valence-corrected chi connectivity index (χ2v) is 7.34. The number of carbonyl (C=O) groups excluding carboxylic acids is 2. The van der Waals surface area contributed by atoms with E-state index >= 15 is 0 Å². The van der Waals surface area contributed by atoms with Crippen LogP contribution in [0, 0.1) is 0 Å². The molecule has 0 atom stereocenters. The van der Waals surface area contributed by atoms with Crippen LogP contribution in [0.15, 0.2) is 30.7 Å². The van der Waals surface area contributed by atoms with Crippen molar-refractivity contribution in [2.75, 3.05) is 31.1 Å². The van der Waals surface area contributed by atoms with E-state index in [0.717, 1.165) is 5.82 Å². The summed E-state index contributed by atoms with van der Waals surface area (Å²) in [4.78, 5) is 35.8. The van der Waals surface area contributed by atoms with Crippen molar-refractivity contribution in [2.45, 2.75) is 26.4 Å². The van der Waals surface area contributed by atoms with Crippen LogP contribution < -0.4 is 10.6 Å². The number of ether oxygens (including phenoxy) is 1. The van der Waals surface area contributed by atoms with Crippen LogP contribution in [0.3, 0.4) is 0 Å². The van der Waals surface area contributed by atoms with E-state index in [9.17, 15) is 9.59 Å². The Bertz CT molecular complexity index is 834. The molecule has 2 aromatic rings. The fraction of sp³-hybridized carbons (Fsp3) is 0.444.